The lowest BCUT2D eigenvalue weighted by Crippen LogP contribution is -2.13. The van der Waals surface area contributed by atoms with Gasteiger partial charge in [0.1, 0.15) is 17.3 Å². The molecular formula is C27H32FNOS2. The van der Waals surface area contributed by atoms with Gasteiger partial charge in [-0.2, -0.15) is 0 Å². The lowest BCUT2D eigenvalue weighted by Gasteiger charge is -2.22. The standard InChI is InChI=1S/C27H32FNOS2/c28-23-9-7-18(8-10-23)25-15-21(2-1-11-29)26(30-25)16-24-14-22(27(31)32-24)6-5-20-13-17-3-4-19(20)12-17/h7-10,15-17,19-20,22H,1-6,11-14,29H2. The molecule has 170 valence electrons. The molecule has 5 heteroatoms. The molecule has 4 unspecified atom stereocenters. The van der Waals surface area contributed by atoms with Crippen molar-refractivity contribution in [1.29, 1.82) is 0 Å². The fraction of sp³-hybridized carbons (Fsp3) is 0.519. The molecule has 2 heterocycles. The maximum Gasteiger partial charge on any atom is 0.135 e. The highest BCUT2D eigenvalue weighted by Crippen LogP contribution is 2.51. The molecule has 1 aliphatic heterocycles. The molecule has 2 N–H and O–H groups in total. The van der Waals surface area contributed by atoms with E-state index in [1.165, 1.54) is 61.1 Å². The van der Waals surface area contributed by atoms with Crippen molar-refractivity contribution in [3.63, 3.8) is 0 Å². The minimum Gasteiger partial charge on any atom is -0.456 e. The average Bonchev–Trinajstić information content (AvgIpc) is 3.56. The Balaban J connectivity index is 1.28. The van der Waals surface area contributed by atoms with E-state index in [-0.39, 0.29) is 5.82 Å². The van der Waals surface area contributed by atoms with Gasteiger partial charge in [0.05, 0.1) is 4.20 Å². The summed E-state index contributed by atoms with van der Waals surface area (Å²) in [4.78, 5) is 1.31. The number of benzene rings is 1. The van der Waals surface area contributed by atoms with Crippen LogP contribution in [-0.2, 0) is 6.42 Å². The van der Waals surface area contributed by atoms with E-state index in [0.717, 1.165) is 58.3 Å². The lowest BCUT2D eigenvalue weighted by atomic mass is 9.83. The van der Waals surface area contributed by atoms with Gasteiger partial charge in [-0.25, -0.2) is 4.39 Å². The minimum absolute atomic E-state index is 0.238. The van der Waals surface area contributed by atoms with Gasteiger partial charge >= 0.3 is 0 Å². The second-order valence-corrected chi connectivity index (χ2v) is 11.7. The van der Waals surface area contributed by atoms with Crippen molar-refractivity contribution in [2.45, 2.75) is 57.8 Å². The highest BCUT2D eigenvalue weighted by Gasteiger charge is 2.39. The topological polar surface area (TPSA) is 39.2 Å². The first-order valence-corrected chi connectivity index (χ1v) is 13.3. The van der Waals surface area contributed by atoms with Crippen LogP contribution >= 0.6 is 24.0 Å². The summed E-state index contributed by atoms with van der Waals surface area (Å²) in [6, 6.07) is 8.56. The van der Waals surface area contributed by atoms with Gasteiger partial charge in [0.15, 0.2) is 0 Å². The molecule has 3 aliphatic rings. The number of furan rings is 1. The average molecular weight is 470 g/mol. The Hall–Kier alpha value is -1.43. The summed E-state index contributed by atoms with van der Waals surface area (Å²) < 4.78 is 20.7. The Morgan fingerprint density at radius 1 is 1.16 bits per heavy atom. The van der Waals surface area contributed by atoms with Crippen LogP contribution in [0.5, 0.6) is 0 Å². The number of nitrogens with two attached hydrogens (primary N) is 1. The lowest BCUT2D eigenvalue weighted by molar-refractivity contribution is 0.300. The summed E-state index contributed by atoms with van der Waals surface area (Å²) in [5.41, 5.74) is 7.82. The Kier molecular flexibility index (Phi) is 6.87. The smallest absolute Gasteiger partial charge is 0.135 e. The van der Waals surface area contributed by atoms with Crippen LogP contribution in [0.1, 0.15) is 62.7 Å². The number of rotatable bonds is 8. The van der Waals surface area contributed by atoms with E-state index in [1.807, 2.05) is 0 Å². The van der Waals surface area contributed by atoms with Gasteiger partial charge in [-0.3, -0.25) is 0 Å². The SMILES string of the molecule is NCCCc1cc(-c2ccc(F)cc2)oc1C=C1CC(CCC2CC3CCC2C3)C(=S)S1. The number of allylic oxidation sites excluding steroid dienone is 1. The van der Waals surface area contributed by atoms with Crippen LogP contribution in [0.2, 0.25) is 0 Å². The fourth-order valence-electron chi connectivity index (χ4n) is 5.99. The largest absolute Gasteiger partial charge is 0.456 e. The molecule has 0 radical (unpaired) electrons. The second-order valence-electron chi connectivity index (χ2n) is 9.84. The summed E-state index contributed by atoms with van der Waals surface area (Å²) in [6.07, 6.45) is 13.5. The summed E-state index contributed by atoms with van der Waals surface area (Å²) in [5, 5.41) is 0. The normalized spacial score (nSPS) is 28.3. The molecule has 2 aliphatic carbocycles. The molecule has 1 saturated heterocycles. The van der Waals surface area contributed by atoms with Crippen molar-refractivity contribution < 1.29 is 8.81 Å². The molecule has 5 rings (SSSR count). The van der Waals surface area contributed by atoms with Crippen molar-refractivity contribution >= 4 is 34.3 Å². The summed E-state index contributed by atoms with van der Waals surface area (Å²) in [5.74, 6) is 4.92. The summed E-state index contributed by atoms with van der Waals surface area (Å²) >= 11 is 7.54. The number of aryl methyl sites for hydroxylation is 1. The van der Waals surface area contributed by atoms with Crippen molar-refractivity contribution in [2.24, 2.45) is 29.4 Å². The first-order valence-electron chi connectivity index (χ1n) is 12.1. The van der Waals surface area contributed by atoms with E-state index in [4.69, 9.17) is 22.4 Å². The highest BCUT2D eigenvalue weighted by molar-refractivity contribution is 8.26. The van der Waals surface area contributed by atoms with E-state index in [1.54, 1.807) is 23.9 Å². The quantitative estimate of drug-likeness (QED) is 0.404. The van der Waals surface area contributed by atoms with E-state index in [0.29, 0.717) is 12.5 Å². The van der Waals surface area contributed by atoms with E-state index < -0.39 is 0 Å². The number of fused-ring (bicyclic) bond motifs is 2. The van der Waals surface area contributed by atoms with Crippen LogP contribution in [0.15, 0.2) is 39.7 Å². The zero-order valence-electron chi connectivity index (χ0n) is 18.5. The zero-order valence-corrected chi connectivity index (χ0v) is 20.2. The van der Waals surface area contributed by atoms with Crippen LogP contribution in [0.4, 0.5) is 4.39 Å². The zero-order chi connectivity index (χ0) is 22.1. The van der Waals surface area contributed by atoms with Crippen LogP contribution in [0.25, 0.3) is 17.4 Å². The van der Waals surface area contributed by atoms with Crippen LogP contribution in [0, 0.1) is 29.5 Å². The Bertz CT molecular complexity index is 996. The molecule has 1 aromatic carbocycles. The molecule has 2 bridgehead atoms. The summed E-state index contributed by atoms with van der Waals surface area (Å²) in [6.45, 7) is 0.650. The third kappa shape index (κ3) is 4.90. The third-order valence-corrected chi connectivity index (χ3v) is 9.36. The van der Waals surface area contributed by atoms with Crippen LogP contribution in [0.3, 0.4) is 0 Å². The maximum absolute atomic E-state index is 13.3. The second kappa shape index (κ2) is 9.82. The van der Waals surface area contributed by atoms with E-state index in [2.05, 4.69) is 12.1 Å². The first kappa shape index (κ1) is 22.4. The van der Waals surface area contributed by atoms with Crippen LogP contribution in [-0.4, -0.2) is 10.7 Å². The minimum atomic E-state index is -0.238. The van der Waals surface area contributed by atoms with Crippen molar-refractivity contribution in [2.75, 3.05) is 6.54 Å². The Labute approximate surface area is 200 Å². The van der Waals surface area contributed by atoms with Gasteiger partial charge in [-0.05, 0) is 123 Å². The van der Waals surface area contributed by atoms with E-state index in [9.17, 15) is 4.39 Å². The Morgan fingerprint density at radius 2 is 2.00 bits per heavy atom. The molecule has 0 spiro atoms. The molecule has 2 saturated carbocycles. The van der Waals surface area contributed by atoms with Gasteiger partial charge in [0.2, 0.25) is 0 Å². The van der Waals surface area contributed by atoms with Gasteiger partial charge in [-0.15, -0.1) is 0 Å². The molecule has 32 heavy (non-hydrogen) atoms. The fourth-order valence-corrected chi connectivity index (χ4v) is 7.59. The van der Waals surface area contributed by atoms with Crippen molar-refractivity contribution in [3.05, 3.63) is 52.4 Å². The number of thioether (sulfide) groups is 1. The number of thiocarbonyl (C=S) groups is 1. The molecule has 2 aromatic rings. The third-order valence-electron chi connectivity index (χ3n) is 7.70. The molecule has 1 aromatic heterocycles. The summed E-state index contributed by atoms with van der Waals surface area (Å²) in [7, 11) is 0. The highest BCUT2D eigenvalue weighted by atomic mass is 32.2. The Morgan fingerprint density at radius 3 is 2.72 bits per heavy atom. The predicted octanol–water partition coefficient (Wildman–Crippen LogP) is 7.61. The van der Waals surface area contributed by atoms with Gasteiger partial charge in [0, 0.05) is 11.5 Å². The predicted molar refractivity (Wildman–Crippen MR) is 136 cm³/mol. The first-order chi connectivity index (χ1) is 15.6. The number of halogens is 1. The molecule has 2 nitrogen and oxygen atoms in total. The van der Waals surface area contributed by atoms with Crippen LogP contribution < -0.4 is 5.73 Å². The monoisotopic (exact) mass is 469 g/mol. The molecule has 0 amide bonds. The van der Waals surface area contributed by atoms with Gasteiger partial charge in [0.25, 0.3) is 0 Å². The molecule has 3 fully saturated rings. The number of hydrogen-bond donors (Lipinski definition) is 1. The van der Waals surface area contributed by atoms with E-state index >= 15 is 0 Å². The number of hydrogen-bond acceptors (Lipinski definition) is 4. The molecule has 4 atom stereocenters. The van der Waals surface area contributed by atoms with Crippen molar-refractivity contribution in [3.8, 4) is 11.3 Å². The maximum atomic E-state index is 13.3. The van der Waals surface area contributed by atoms with Gasteiger partial charge < -0.3 is 10.2 Å². The van der Waals surface area contributed by atoms with Gasteiger partial charge in [-0.1, -0.05) is 30.4 Å². The molecular weight excluding hydrogens is 437 g/mol. The van der Waals surface area contributed by atoms with Crippen molar-refractivity contribution in [1.82, 2.24) is 0 Å².